The van der Waals surface area contributed by atoms with Crippen LogP contribution in [0.15, 0.2) is 48.8 Å². The second-order valence-electron chi connectivity index (χ2n) is 4.88. The smallest absolute Gasteiger partial charge is 0.220 e. The number of aliphatic hydroxyl groups is 1. The molecule has 1 aromatic carbocycles. The van der Waals surface area contributed by atoms with E-state index in [1.807, 2.05) is 41.2 Å². The van der Waals surface area contributed by atoms with E-state index in [4.69, 9.17) is 11.6 Å². The van der Waals surface area contributed by atoms with E-state index in [1.165, 1.54) is 0 Å². The van der Waals surface area contributed by atoms with E-state index < -0.39 is 0 Å². The largest absolute Gasteiger partial charge is 0.394 e. The number of hydrogen-bond acceptors (Lipinski definition) is 2. The minimum atomic E-state index is -0.388. The van der Waals surface area contributed by atoms with Crippen molar-refractivity contribution in [1.82, 2.24) is 9.88 Å². The summed E-state index contributed by atoms with van der Waals surface area (Å²) in [6.07, 6.45) is 5.14. The van der Waals surface area contributed by atoms with Gasteiger partial charge in [-0.15, -0.1) is 0 Å². The molecule has 0 bridgehead atoms. The van der Waals surface area contributed by atoms with E-state index in [1.54, 1.807) is 12.1 Å². The van der Waals surface area contributed by atoms with Gasteiger partial charge in [-0.3, -0.25) is 4.79 Å². The Bertz CT molecular complexity index is 552. The maximum atomic E-state index is 11.9. The number of nitrogens with one attached hydrogen (secondary N) is 1. The van der Waals surface area contributed by atoms with Crippen LogP contribution in [0.25, 0.3) is 0 Å². The molecule has 1 aromatic heterocycles. The molecule has 2 aromatic rings. The molecule has 0 aliphatic carbocycles. The summed E-state index contributed by atoms with van der Waals surface area (Å²) in [5.41, 5.74) is 0.848. The average molecular weight is 307 g/mol. The van der Waals surface area contributed by atoms with Gasteiger partial charge in [0.05, 0.1) is 12.6 Å². The van der Waals surface area contributed by atoms with Gasteiger partial charge < -0.3 is 15.0 Å². The highest BCUT2D eigenvalue weighted by atomic mass is 35.5. The fourth-order valence-electron chi connectivity index (χ4n) is 2.14. The first kappa shape index (κ1) is 15.6. The number of aliphatic hydroxyl groups excluding tert-OH is 1. The molecule has 1 atom stereocenters. The fourth-order valence-corrected chi connectivity index (χ4v) is 2.26. The minimum absolute atomic E-state index is 0.0591. The van der Waals surface area contributed by atoms with E-state index in [2.05, 4.69) is 5.32 Å². The second-order valence-corrected chi connectivity index (χ2v) is 5.32. The van der Waals surface area contributed by atoms with Crippen molar-refractivity contribution in [1.29, 1.82) is 0 Å². The number of halogens is 1. The van der Waals surface area contributed by atoms with Crippen molar-refractivity contribution in [3.05, 3.63) is 59.4 Å². The highest BCUT2D eigenvalue weighted by Crippen LogP contribution is 2.16. The molecule has 0 aliphatic rings. The number of hydrogen-bond donors (Lipinski definition) is 2. The normalized spacial score (nSPS) is 12.1. The van der Waals surface area contributed by atoms with Gasteiger partial charge in [0.1, 0.15) is 0 Å². The van der Waals surface area contributed by atoms with Crippen molar-refractivity contribution in [2.24, 2.45) is 0 Å². The summed E-state index contributed by atoms with van der Waals surface area (Å²) in [6, 6.07) is 10.6. The van der Waals surface area contributed by atoms with E-state index in [0.717, 1.165) is 18.5 Å². The first-order valence-corrected chi connectivity index (χ1v) is 7.33. The van der Waals surface area contributed by atoms with E-state index in [0.29, 0.717) is 11.4 Å². The van der Waals surface area contributed by atoms with Gasteiger partial charge in [0.15, 0.2) is 0 Å². The molecule has 2 N–H and O–H groups in total. The summed E-state index contributed by atoms with van der Waals surface area (Å²) in [4.78, 5) is 11.9. The van der Waals surface area contributed by atoms with Crippen molar-refractivity contribution in [3.63, 3.8) is 0 Å². The zero-order valence-corrected chi connectivity index (χ0v) is 12.5. The van der Waals surface area contributed by atoms with Crippen LogP contribution in [0.1, 0.15) is 24.4 Å². The Morgan fingerprint density at radius 2 is 1.90 bits per heavy atom. The van der Waals surface area contributed by atoms with Gasteiger partial charge in [-0.2, -0.15) is 0 Å². The first-order valence-electron chi connectivity index (χ1n) is 6.95. The Balaban J connectivity index is 1.80. The molecule has 1 unspecified atom stereocenters. The highest BCUT2D eigenvalue weighted by molar-refractivity contribution is 6.30. The molecule has 4 nitrogen and oxygen atoms in total. The Labute approximate surface area is 129 Å². The third-order valence-corrected chi connectivity index (χ3v) is 3.53. The lowest BCUT2D eigenvalue weighted by atomic mass is 10.1. The monoisotopic (exact) mass is 306 g/mol. The third-order valence-electron chi connectivity index (χ3n) is 3.28. The van der Waals surface area contributed by atoms with Crippen molar-refractivity contribution in [2.45, 2.75) is 25.4 Å². The fraction of sp³-hybridized carbons (Fsp3) is 0.312. The predicted molar refractivity (Wildman–Crippen MR) is 83.1 cm³/mol. The molecule has 1 amide bonds. The van der Waals surface area contributed by atoms with E-state index in [-0.39, 0.29) is 18.6 Å². The van der Waals surface area contributed by atoms with Crippen molar-refractivity contribution >= 4 is 17.5 Å². The number of benzene rings is 1. The summed E-state index contributed by atoms with van der Waals surface area (Å²) in [6.45, 7) is 0.677. The molecule has 5 heteroatoms. The number of carbonyl (C=O) groups excluding carboxylic acids is 1. The van der Waals surface area contributed by atoms with Crippen LogP contribution in [0.2, 0.25) is 5.02 Å². The maximum Gasteiger partial charge on any atom is 0.220 e. The molecule has 0 radical (unpaired) electrons. The summed E-state index contributed by atoms with van der Waals surface area (Å²) >= 11 is 5.83. The highest BCUT2D eigenvalue weighted by Gasteiger charge is 2.13. The zero-order chi connectivity index (χ0) is 15.1. The number of amides is 1. The zero-order valence-electron chi connectivity index (χ0n) is 11.7. The van der Waals surface area contributed by atoms with Crippen molar-refractivity contribution < 1.29 is 9.90 Å². The summed E-state index contributed by atoms with van der Waals surface area (Å²) in [7, 11) is 0. The van der Waals surface area contributed by atoms with Gasteiger partial charge in [0.2, 0.25) is 5.91 Å². The van der Waals surface area contributed by atoms with Gasteiger partial charge in [0.25, 0.3) is 0 Å². The van der Waals surface area contributed by atoms with Gasteiger partial charge in [-0.05, 0) is 36.2 Å². The van der Waals surface area contributed by atoms with Crippen LogP contribution in [0.3, 0.4) is 0 Å². The van der Waals surface area contributed by atoms with Crippen LogP contribution < -0.4 is 5.32 Å². The number of aromatic nitrogens is 1. The van der Waals surface area contributed by atoms with Crippen LogP contribution in [0, 0.1) is 0 Å². The van der Waals surface area contributed by atoms with Crippen LogP contribution >= 0.6 is 11.6 Å². The Morgan fingerprint density at radius 3 is 2.52 bits per heavy atom. The lowest BCUT2D eigenvalue weighted by Crippen LogP contribution is -2.30. The van der Waals surface area contributed by atoms with Crippen LogP contribution in [0.4, 0.5) is 0 Å². The summed E-state index contributed by atoms with van der Waals surface area (Å²) < 4.78 is 2.04. The summed E-state index contributed by atoms with van der Waals surface area (Å²) in [5.74, 6) is -0.0591. The lowest BCUT2D eigenvalue weighted by molar-refractivity contribution is -0.122. The van der Waals surface area contributed by atoms with E-state index in [9.17, 15) is 9.90 Å². The minimum Gasteiger partial charge on any atom is -0.394 e. The number of nitrogens with zero attached hydrogens (tertiary/aromatic N) is 1. The standard InChI is InChI=1S/C16H19ClN2O2/c17-14-7-5-13(6-8-14)15(12-20)18-16(21)4-3-11-19-9-1-2-10-19/h1-2,5-10,15,20H,3-4,11-12H2,(H,18,21). The Morgan fingerprint density at radius 1 is 1.24 bits per heavy atom. The number of carbonyl (C=O) groups is 1. The van der Waals surface area contributed by atoms with Crippen LogP contribution in [0.5, 0.6) is 0 Å². The van der Waals surface area contributed by atoms with Crippen LogP contribution in [-0.2, 0) is 11.3 Å². The van der Waals surface area contributed by atoms with Gasteiger partial charge >= 0.3 is 0 Å². The molecule has 1 heterocycles. The van der Waals surface area contributed by atoms with Crippen molar-refractivity contribution in [2.75, 3.05) is 6.61 Å². The quantitative estimate of drug-likeness (QED) is 0.826. The second kappa shape index (κ2) is 7.86. The lowest BCUT2D eigenvalue weighted by Gasteiger charge is -2.17. The molecule has 0 saturated heterocycles. The third kappa shape index (κ3) is 4.92. The molecule has 21 heavy (non-hydrogen) atoms. The molecule has 0 fully saturated rings. The predicted octanol–water partition coefficient (Wildman–Crippen LogP) is 2.77. The van der Waals surface area contributed by atoms with Crippen LogP contribution in [-0.4, -0.2) is 22.2 Å². The van der Waals surface area contributed by atoms with Gasteiger partial charge in [-0.1, -0.05) is 23.7 Å². The molecule has 0 aliphatic heterocycles. The molecule has 0 spiro atoms. The van der Waals surface area contributed by atoms with Gasteiger partial charge in [-0.25, -0.2) is 0 Å². The van der Waals surface area contributed by atoms with Gasteiger partial charge in [0, 0.05) is 30.4 Å². The van der Waals surface area contributed by atoms with Crippen molar-refractivity contribution in [3.8, 4) is 0 Å². The first-order chi connectivity index (χ1) is 10.2. The Hall–Kier alpha value is -1.78. The average Bonchev–Trinajstić information content (AvgIpc) is 2.99. The number of rotatable bonds is 7. The summed E-state index contributed by atoms with van der Waals surface area (Å²) in [5, 5.41) is 12.9. The number of aryl methyl sites for hydroxylation is 1. The Kier molecular flexibility index (Phi) is 5.84. The maximum absolute atomic E-state index is 11.9. The molecular weight excluding hydrogens is 288 g/mol. The SMILES string of the molecule is O=C(CCCn1cccc1)NC(CO)c1ccc(Cl)cc1. The molecule has 112 valence electrons. The molecule has 0 saturated carbocycles. The molecule has 2 rings (SSSR count). The topological polar surface area (TPSA) is 54.3 Å². The van der Waals surface area contributed by atoms with E-state index >= 15 is 0 Å². The molecular formula is C16H19ClN2O2.